The average Bonchev–Trinajstić information content (AvgIpc) is 2.65. The molecule has 0 saturated carbocycles. The van der Waals surface area contributed by atoms with Crippen LogP contribution < -0.4 is 10.6 Å². The molecule has 1 heterocycles. The van der Waals surface area contributed by atoms with Crippen molar-refractivity contribution in [3.8, 4) is 0 Å². The van der Waals surface area contributed by atoms with Crippen molar-refractivity contribution >= 4 is 17.8 Å². The van der Waals surface area contributed by atoms with Crippen LogP contribution in [0.4, 0.5) is 10.6 Å². The van der Waals surface area contributed by atoms with Gasteiger partial charge in [-0.1, -0.05) is 0 Å². The maximum atomic E-state index is 11.3. The molecule has 0 fully saturated rings. The smallest absolute Gasteiger partial charge is 0.322 e. The number of hydrogen-bond donors (Lipinski definition) is 2. The van der Waals surface area contributed by atoms with E-state index < -0.39 is 0 Å². The van der Waals surface area contributed by atoms with Crippen LogP contribution >= 0.6 is 0 Å². The van der Waals surface area contributed by atoms with Crippen molar-refractivity contribution in [1.29, 1.82) is 0 Å². The summed E-state index contributed by atoms with van der Waals surface area (Å²) in [6.07, 6.45) is 1.38. The number of hydrogen-bond acceptors (Lipinski definition) is 4. The molecule has 0 spiro atoms. The molecular formula is C8H14N6O2. The summed E-state index contributed by atoms with van der Waals surface area (Å²) in [6.45, 7) is 0.0222. The second kappa shape index (κ2) is 5.10. The quantitative estimate of drug-likeness (QED) is 0.700. The van der Waals surface area contributed by atoms with Gasteiger partial charge in [-0.2, -0.15) is 9.90 Å². The van der Waals surface area contributed by atoms with Gasteiger partial charge < -0.3 is 10.2 Å². The van der Waals surface area contributed by atoms with E-state index in [1.165, 1.54) is 22.9 Å². The molecule has 0 radical (unpaired) electrons. The van der Waals surface area contributed by atoms with Gasteiger partial charge in [-0.15, -0.1) is 5.10 Å². The van der Waals surface area contributed by atoms with Gasteiger partial charge in [0.15, 0.2) is 5.82 Å². The Balaban J connectivity index is 2.58. The minimum atomic E-state index is -0.299. The Morgan fingerprint density at radius 3 is 2.75 bits per heavy atom. The van der Waals surface area contributed by atoms with Crippen molar-refractivity contribution < 1.29 is 9.59 Å². The fourth-order valence-corrected chi connectivity index (χ4v) is 0.860. The number of anilines is 1. The molecule has 0 unspecified atom stereocenters. The maximum absolute atomic E-state index is 11.3. The first-order chi connectivity index (χ1) is 7.52. The van der Waals surface area contributed by atoms with Gasteiger partial charge in [0.1, 0.15) is 6.54 Å². The number of likely N-dealkylation sites (N-methyl/N-ethyl adjacent to an activating group) is 1. The van der Waals surface area contributed by atoms with Gasteiger partial charge >= 0.3 is 6.03 Å². The molecule has 0 aliphatic heterocycles. The van der Waals surface area contributed by atoms with Gasteiger partial charge in [0.2, 0.25) is 5.91 Å². The molecule has 1 aromatic rings. The van der Waals surface area contributed by atoms with E-state index in [9.17, 15) is 9.59 Å². The monoisotopic (exact) mass is 226 g/mol. The number of rotatable bonds is 3. The van der Waals surface area contributed by atoms with Gasteiger partial charge in [0.05, 0.1) is 6.20 Å². The van der Waals surface area contributed by atoms with Gasteiger partial charge in [-0.25, -0.2) is 4.79 Å². The Hall–Kier alpha value is -2.12. The topological polar surface area (TPSA) is 92.2 Å². The Labute approximate surface area is 92.6 Å². The van der Waals surface area contributed by atoms with Crippen LogP contribution in [0.1, 0.15) is 0 Å². The van der Waals surface area contributed by atoms with Crippen molar-refractivity contribution in [2.75, 3.05) is 26.5 Å². The lowest BCUT2D eigenvalue weighted by molar-refractivity contribution is -0.121. The molecule has 1 aromatic heterocycles. The van der Waals surface area contributed by atoms with Crippen LogP contribution in [0.25, 0.3) is 0 Å². The van der Waals surface area contributed by atoms with E-state index >= 15 is 0 Å². The highest BCUT2D eigenvalue weighted by atomic mass is 16.2. The van der Waals surface area contributed by atoms with E-state index in [2.05, 4.69) is 20.8 Å². The summed E-state index contributed by atoms with van der Waals surface area (Å²) in [7, 11) is 4.76. The molecule has 3 amide bonds. The fourth-order valence-electron chi connectivity index (χ4n) is 0.860. The van der Waals surface area contributed by atoms with Crippen molar-refractivity contribution in [3.63, 3.8) is 0 Å². The number of nitrogens with one attached hydrogen (secondary N) is 2. The van der Waals surface area contributed by atoms with Crippen LogP contribution in [0.5, 0.6) is 0 Å². The Bertz CT molecular complexity index is 386. The zero-order chi connectivity index (χ0) is 12.1. The first-order valence-electron chi connectivity index (χ1n) is 4.62. The van der Waals surface area contributed by atoms with E-state index in [-0.39, 0.29) is 18.5 Å². The first-order valence-corrected chi connectivity index (χ1v) is 4.62. The molecule has 88 valence electrons. The van der Waals surface area contributed by atoms with Crippen molar-refractivity contribution in [3.05, 3.63) is 6.20 Å². The molecule has 8 nitrogen and oxygen atoms in total. The summed E-state index contributed by atoms with van der Waals surface area (Å²) in [5.41, 5.74) is 0. The molecule has 2 N–H and O–H groups in total. The Morgan fingerprint density at radius 1 is 1.50 bits per heavy atom. The SMILES string of the molecule is CNC(=O)Cn1ncc(NC(=O)N(C)C)n1. The first kappa shape index (κ1) is 12.0. The van der Waals surface area contributed by atoms with Crippen LogP contribution in [0.15, 0.2) is 6.20 Å². The molecule has 0 aromatic carbocycles. The summed E-state index contributed by atoms with van der Waals surface area (Å²) in [5.74, 6) is 0.101. The lowest BCUT2D eigenvalue weighted by Gasteiger charge is -2.09. The van der Waals surface area contributed by atoms with E-state index in [1.807, 2.05) is 0 Å². The highest BCUT2D eigenvalue weighted by Crippen LogP contribution is 1.99. The largest absolute Gasteiger partial charge is 0.358 e. The summed E-state index contributed by atoms with van der Waals surface area (Å²) in [5, 5.41) is 12.7. The predicted octanol–water partition coefficient (Wildman–Crippen LogP) is -0.882. The number of carbonyl (C=O) groups is 2. The maximum Gasteiger partial charge on any atom is 0.322 e. The van der Waals surface area contributed by atoms with Gasteiger partial charge in [-0.05, 0) is 0 Å². The zero-order valence-corrected chi connectivity index (χ0v) is 9.39. The molecule has 16 heavy (non-hydrogen) atoms. The Kier molecular flexibility index (Phi) is 3.81. The van der Waals surface area contributed by atoms with Crippen molar-refractivity contribution in [2.24, 2.45) is 0 Å². The molecule has 0 saturated heterocycles. The van der Waals surface area contributed by atoms with E-state index in [4.69, 9.17) is 0 Å². The lowest BCUT2D eigenvalue weighted by Crippen LogP contribution is -2.28. The van der Waals surface area contributed by atoms with Crippen molar-refractivity contribution in [1.82, 2.24) is 25.2 Å². The third kappa shape index (κ3) is 3.23. The summed E-state index contributed by atoms with van der Waals surface area (Å²) in [4.78, 5) is 24.8. The second-order valence-corrected chi connectivity index (χ2v) is 3.26. The van der Waals surface area contributed by atoms with Gasteiger partial charge in [-0.3, -0.25) is 10.1 Å². The summed E-state index contributed by atoms with van der Waals surface area (Å²) >= 11 is 0. The van der Waals surface area contributed by atoms with E-state index in [1.54, 1.807) is 14.1 Å². The lowest BCUT2D eigenvalue weighted by atomic mass is 10.6. The van der Waals surface area contributed by atoms with Crippen LogP contribution in [-0.4, -0.2) is 53.0 Å². The van der Waals surface area contributed by atoms with Crippen LogP contribution in [-0.2, 0) is 11.3 Å². The highest BCUT2D eigenvalue weighted by molar-refractivity contribution is 5.87. The Morgan fingerprint density at radius 2 is 2.19 bits per heavy atom. The third-order valence-electron chi connectivity index (χ3n) is 1.74. The highest BCUT2D eigenvalue weighted by Gasteiger charge is 2.08. The molecule has 0 aliphatic carbocycles. The number of urea groups is 1. The van der Waals surface area contributed by atoms with E-state index in [0.717, 1.165) is 0 Å². The fraction of sp³-hybridized carbons (Fsp3) is 0.500. The number of amides is 3. The molecule has 1 rings (SSSR count). The summed E-state index contributed by atoms with van der Waals surface area (Å²) in [6, 6.07) is -0.299. The molecule has 0 atom stereocenters. The standard InChI is InChI=1S/C8H14N6O2/c1-9-7(15)5-14-10-4-6(12-14)11-8(16)13(2)3/h4H,5H2,1-3H3,(H,9,15)(H,11,12,16). The third-order valence-corrected chi connectivity index (χ3v) is 1.74. The molecular weight excluding hydrogens is 212 g/mol. The summed E-state index contributed by atoms with van der Waals surface area (Å²) < 4.78 is 0. The zero-order valence-electron chi connectivity index (χ0n) is 9.39. The van der Waals surface area contributed by atoms with E-state index in [0.29, 0.717) is 5.82 Å². The van der Waals surface area contributed by atoms with Gasteiger partial charge in [0.25, 0.3) is 0 Å². The van der Waals surface area contributed by atoms with Crippen LogP contribution in [0, 0.1) is 0 Å². The minimum absolute atomic E-state index is 0.0222. The number of carbonyl (C=O) groups excluding carboxylic acids is 2. The molecule has 0 aliphatic rings. The second-order valence-electron chi connectivity index (χ2n) is 3.26. The molecule has 0 bridgehead atoms. The van der Waals surface area contributed by atoms with Crippen LogP contribution in [0.3, 0.4) is 0 Å². The normalized spacial score (nSPS) is 9.69. The molecule has 8 heteroatoms. The predicted molar refractivity (Wildman–Crippen MR) is 56.8 cm³/mol. The number of nitrogens with zero attached hydrogens (tertiary/aromatic N) is 4. The number of aromatic nitrogens is 3. The average molecular weight is 226 g/mol. The minimum Gasteiger partial charge on any atom is -0.358 e. The van der Waals surface area contributed by atoms with Crippen LogP contribution in [0.2, 0.25) is 0 Å². The van der Waals surface area contributed by atoms with Gasteiger partial charge in [0, 0.05) is 21.1 Å². The van der Waals surface area contributed by atoms with Crippen molar-refractivity contribution in [2.45, 2.75) is 6.54 Å².